The highest BCUT2D eigenvalue weighted by molar-refractivity contribution is 9.10. The number of halogens is 1. The van der Waals surface area contributed by atoms with E-state index in [-0.39, 0.29) is 16.4 Å². The Balaban J connectivity index is 2.38. The second-order valence-corrected chi connectivity index (χ2v) is 6.76. The zero-order valence-corrected chi connectivity index (χ0v) is 13.0. The van der Waals surface area contributed by atoms with E-state index in [4.69, 9.17) is 0 Å². The molecule has 2 rings (SSSR count). The van der Waals surface area contributed by atoms with Crippen molar-refractivity contribution < 1.29 is 13.2 Å². The van der Waals surface area contributed by atoms with Crippen LogP contribution in [0.1, 0.15) is 17.3 Å². The van der Waals surface area contributed by atoms with Crippen LogP contribution in [0.3, 0.4) is 0 Å². The fourth-order valence-corrected chi connectivity index (χ4v) is 3.04. The normalized spacial score (nSPS) is 11.1. The number of rotatable bonds is 4. The zero-order valence-electron chi connectivity index (χ0n) is 10.6. The summed E-state index contributed by atoms with van der Waals surface area (Å²) in [5.41, 5.74) is 0.621. The van der Waals surface area contributed by atoms with Crippen molar-refractivity contribution in [3.05, 3.63) is 58.6 Å². The molecule has 6 heteroatoms. The summed E-state index contributed by atoms with van der Waals surface area (Å²) < 4.78 is 27.7. The minimum Gasteiger partial charge on any atom is -0.294 e. The number of ketones is 1. The molecule has 4 nitrogen and oxygen atoms in total. The van der Waals surface area contributed by atoms with Crippen molar-refractivity contribution in [3.8, 4) is 0 Å². The van der Waals surface area contributed by atoms with Gasteiger partial charge in [-0.25, -0.2) is 8.42 Å². The van der Waals surface area contributed by atoms with Crippen LogP contribution in [0.4, 0.5) is 5.69 Å². The first kappa shape index (κ1) is 14.7. The van der Waals surface area contributed by atoms with Gasteiger partial charge in [0.25, 0.3) is 10.0 Å². The van der Waals surface area contributed by atoms with Gasteiger partial charge in [0.15, 0.2) is 5.78 Å². The van der Waals surface area contributed by atoms with Crippen molar-refractivity contribution >= 4 is 37.4 Å². The lowest BCUT2D eigenvalue weighted by molar-refractivity contribution is 0.101. The maximum atomic E-state index is 12.2. The van der Waals surface area contributed by atoms with Gasteiger partial charge in [0.2, 0.25) is 0 Å². The molecule has 0 fully saturated rings. The Morgan fingerprint density at radius 2 is 1.65 bits per heavy atom. The van der Waals surface area contributed by atoms with Crippen LogP contribution < -0.4 is 4.72 Å². The molecule has 0 aliphatic carbocycles. The standard InChI is InChI=1S/C14H12BrNO3S/c1-10(17)13-4-2-3-5-14(13)16-20(18,19)12-8-6-11(15)7-9-12/h2-9,16H,1H3. The molecule has 0 saturated heterocycles. The van der Waals surface area contributed by atoms with Gasteiger partial charge >= 0.3 is 0 Å². The number of carbonyl (C=O) groups is 1. The monoisotopic (exact) mass is 353 g/mol. The largest absolute Gasteiger partial charge is 0.294 e. The first-order chi connectivity index (χ1) is 9.40. The topological polar surface area (TPSA) is 63.2 Å². The SMILES string of the molecule is CC(=O)c1ccccc1NS(=O)(=O)c1ccc(Br)cc1. The maximum absolute atomic E-state index is 12.2. The van der Waals surface area contributed by atoms with Crippen LogP contribution in [-0.4, -0.2) is 14.2 Å². The summed E-state index contributed by atoms with van der Waals surface area (Å²) in [5.74, 6) is -0.195. The van der Waals surface area contributed by atoms with Crippen molar-refractivity contribution in [1.29, 1.82) is 0 Å². The Labute approximate surface area is 126 Å². The molecule has 0 saturated carbocycles. The van der Waals surface area contributed by atoms with Crippen LogP contribution in [0.25, 0.3) is 0 Å². The Hall–Kier alpha value is -1.66. The Kier molecular flexibility index (Phi) is 4.25. The van der Waals surface area contributed by atoms with Crippen LogP contribution in [0.2, 0.25) is 0 Å². The predicted molar refractivity (Wildman–Crippen MR) is 81.4 cm³/mol. The number of hydrogen-bond acceptors (Lipinski definition) is 3. The molecule has 1 N–H and O–H groups in total. The van der Waals surface area contributed by atoms with Crippen molar-refractivity contribution in [1.82, 2.24) is 0 Å². The quantitative estimate of drug-likeness (QED) is 0.856. The predicted octanol–water partition coefficient (Wildman–Crippen LogP) is 3.45. The van der Waals surface area contributed by atoms with Crippen LogP contribution in [0.15, 0.2) is 57.9 Å². The van der Waals surface area contributed by atoms with Gasteiger partial charge in [-0.1, -0.05) is 28.1 Å². The third-order valence-corrected chi connectivity index (χ3v) is 4.58. The summed E-state index contributed by atoms with van der Waals surface area (Å²) in [4.78, 5) is 11.6. The highest BCUT2D eigenvalue weighted by atomic mass is 79.9. The van der Waals surface area contributed by atoms with Gasteiger partial charge in [0, 0.05) is 10.0 Å². The maximum Gasteiger partial charge on any atom is 0.261 e. The molecule has 0 spiro atoms. The smallest absolute Gasteiger partial charge is 0.261 e. The van der Waals surface area contributed by atoms with Gasteiger partial charge in [0.1, 0.15) is 0 Å². The molecule has 0 unspecified atom stereocenters. The lowest BCUT2D eigenvalue weighted by Gasteiger charge is -2.11. The molecule has 0 bridgehead atoms. The molecule has 0 atom stereocenters. The Morgan fingerprint density at radius 1 is 1.05 bits per heavy atom. The van der Waals surface area contributed by atoms with E-state index in [1.54, 1.807) is 36.4 Å². The van der Waals surface area contributed by atoms with Gasteiger partial charge in [-0.15, -0.1) is 0 Å². The molecule has 0 aromatic heterocycles. The van der Waals surface area contributed by atoms with Gasteiger partial charge < -0.3 is 0 Å². The molecule has 0 aliphatic rings. The number of carbonyl (C=O) groups excluding carboxylic acids is 1. The summed E-state index contributed by atoms with van der Waals surface area (Å²) in [5, 5.41) is 0. The summed E-state index contributed by atoms with van der Waals surface area (Å²) >= 11 is 3.25. The average Bonchev–Trinajstić information content (AvgIpc) is 2.39. The zero-order chi connectivity index (χ0) is 14.8. The van der Waals surface area contributed by atoms with Gasteiger partial charge in [-0.05, 0) is 43.3 Å². The van der Waals surface area contributed by atoms with E-state index in [1.165, 1.54) is 19.1 Å². The highest BCUT2D eigenvalue weighted by Gasteiger charge is 2.16. The minimum absolute atomic E-state index is 0.138. The molecular weight excluding hydrogens is 342 g/mol. The van der Waals surface area contributed by atoms with E-state index >= 15 is 0 Å². The second-order valence-electron chi connectivity index (χ2n) is 4.16. The summed E-state index contributed by atoms with van der Waals surface area (Å²) in [7, 11) is -3.71. The number of para-hydroxylation sites is 1. The molecule has 2 aromatic rings. The Bertz CT molecular complexity index is 739. The molecule has 104 valence electrons. The van der Waals surface area contributed by atoms with Crippen LogP contribution >= 0.6 is 15.9 Å². The number of sulfonamides is 1. The molecule has 0 radical (unpaired) electrons. The molecule has 2 aromatic carbocycles. The first-order valence-electron chi connectivity index (χ1n) is 5.78. The van der Waals surface area contributed by atoms with Crippen LogP contribution in [0, 0.1) is 0 Å². The van der Waals surface area contributed by atoms with Crippen molar-refractivity contribution in [2.24, 2.45) is 0 Å². The summed E-state index contributed by atoms with van der Waals surface area (Å²) in [6, 6.07) is 12.8. The number of nitrogens with one attached hydrogen (secondary N) is 1. The van der Waals surface area contributed by atoms with Crippen LogP contribution in [0.5, 0.6) is 0 Å². The number of anilines is 1. The van der Waals surface area contributed by atoms with Gasteiger partial charge in [-0.2, -0.15) is 0 Å². The highest BCUT2D eigenvalue weighted by Crippen LogP contribution is 2.21. The lowest BCUT2D eigenvalue weighted by atomic mass is 10.1. The van der Waals surface area contributed by atoms with E-state index in [9.17, 15) is 13.2 Å². The first-order valence-corrected chi connectivity index (χ1v) is 8.06. The van der Waals surface area contributed by atoms with Crippen molar-refractivity contribution in [2.45, 2.75) is 11.8 Å². The Morgan fingerprint density at radius 3 is 2.25 bits per heavy atom. The molecule has 20 heavy (non-hydrogen) atoms. The molecule has 0 aliphatic heterocycles. The number of Topliss-reactive ketones (excluding diaryl/α,β-unsaturated/α-hetero) is 1. The minimum atomic E-state index is -3.71. The van der Waals surface area contributed by atoms with E-state index in [1.807, 2.05) is 0 Å². The lowest BCUT2D eigenvalue weighted by Crippen LogP contribution is -2.15. The number of benzene rings is 2. The van der Waals surface area contributed by atoms with E-state index in [0.717, 1.165) is 4.47 Å². The van der Waals surface area contributed by atoms with E-state index < -0.39 is 10.0 Å². The van der Waals surface area contributed by atoms with E-state index in [2.05, 4.69) is 20.7 Å². The summed E-state index contributed by atoms with van der Waals surface area (Å²) in [6.45, 7) is 1.40. The van der Waals surface area contributed by atoms with E-state index in [0.29, 0.717) is 5.56 Å². The number of hydrogen-bond donors (Lipinski definition) is 1. The van der Waals surface area contributed by atoms with Gasteiger partial charge in [0.05, 0.1) is 10.6 Å². The molecule has 0 amide bonds. The summed E-state index contributed by atoms with van der Waals surface area (Å²) in [6.07, 6.45) is 0. The van der Waals surface area contributed by atoms with Crippen LogP contribution in [-0.2, 0) is 10.0 Å². The fourth-order valence-electron chi connectivity index (χ4n) is 1.70. The molecule has 0 heterocycles. The third-order valence-electron chi connectivity index (χ3n) is 2.67. The molecular formula is C14H12BrNO3S. The fraction of sp³-hybridized carbons (Fsp3) is 0.0714. The second kappa shape index (κ2) is 5.76. The van der Waals surface area contributed by atoms with Crippen molar-refractivity contribution in [3.63, 3.8) is 0 Å². The van der Waals surface area contributed by atoms with Crippen molar-refractivity contribution in [2.75, 3.05) is 4.72 Å². The average molecular weight is 354 g/mol. The van der Waals surface area contributed by atoms with Gasteiger partial charge in [-0.3, -0.25) is 9.52 Å². The third kappa shape index (κ3) is 3.26.